The first-order chi connectivity index (χ1) is 15.9. The fourth-order valence-electron chi connectivity index (χ4n) is 5.09. The molecule has 0 aromatic rings. The molecule has 0 rings (SSSR count). The highest BCUT2D eigenvalue weighted by molar-refractivity contribution is 7.46. The van der Waals surface area contributed by atoms with Crippen LogP contribution in [0.25, 0.3) is 0 Å². The molecular weight excluding hydrogens is 431 g/mol. The van der Waals surface area contributed by atoms with E-state index in [1.54, 1.807) is 0 Å². The minimum atomic E-state index is -4.48. The van der Waals surface area contributed by atoms with Gasteiger partial charge in [-0.25, -0.2) is 4.57 Å². The Morgan fingerprint density at radius 1 is 0.485 bits per heavy atom. The van der Waals surface area contributed by atoms with Gasteiger partial charge in [0.15, 0.2) is 0 Å². The number of rotatable bonds is 26. The first-order valence-corrected chi connectivity index (χ1v) is 16.2. The van der Waals surface area contributed by atoms with Crippen LogP contribution in [-0.4, -0.2) is 15.4 Å². The maximum atomic E-state index is 11.8. The molecule has 0 aromatic heterocycles. The van der Waals surface area contributed by atoms with Crippen LogP contribution in [0.2, 0.25) is 0 Å². The second kappa shape index (κ2) is 22.6. The number of hydrogen-bond acceptors (Lipinski definition) is 2. The molecule has 0 fully saturated rings. The van der Waals surface area contributed by atoms with Crippen molar-refractivity contribution in [3.8, 4) is 0 Å². The van der Waals surface area contributed by atoms with Gasteiger partial charge in [-0.05, 0) is 19.3 Å². The van der Waals surface area contributed by atoms with E-state index in [0.29, 0.717) is 0 Å². The van der Waals surface area contributed by atoms with E-state index in [4.69, 9.17) is 4.52 Å². The molecule has 2 N–H and O–H groups in total. The Hall–Kier alpha value is 0.110. The summed E-state index contributed by atoms with van der Waals surface area (Å²) in [4.78, 5) is 19.2. The molecule has 0 aliphatic rings. The predicted octanol–water partition coefficient (Wildman–Crippen LogP) is 10.3. The van der Waals surface area contributed by atoms with Crippen molar-refractivity contribution in [1.82, 2.24) is 0 Å². The van der Waals surface area contributed by atoms with Crippen molar-refractivity contribution in [2.45, 2.75) is 180 Å². The molecule has 0 saturated heterocycles. The van der Waals surface area contributed by atoms with Crippen molar-refractivity contribution in [3.05, 3.63) is 0 Å². The summed E-state index contributed by atoms with van der Waals surface area (Å²) in [5, 5.41) is 0. The molecule has 0 aromatic carbocycles. The van der Waals surface area contributed by atoms with Gasteiger partial charge >= 0.3 is 7.82 Å². The van der Waals surface area contributed by atoms with Gasteiger partial charge < -0.3 is 9.79 Å². The highest BCUT2D eigenvalue weighted by atomic mass is 31.2. The summed E-state index contributed by atoms with van der Waals surface area (Å²) in [5.41, 5.74) is -0.645. The molecule has 0 unspecified atom stereocenters. The van der Waals surface area contributed by atoms with Crippen LogP contribution in [0.3, 0.4) is 0 Å². The molecule has 0 saturated carbocycles. The van der Waals surface area contributed by atoms with Crippen LogP contribution in [-0.2, 0) is 9.09 Å². The van der Waals surface area contributed by atoms with E-state index in [1.807, 2.05) is 0 Å². The van der Waals surface area contributed by atoms with E-state index in [9.17, 15) is 14.4 Å². The van der Waals surface area contributed by atoms with E-state index in [2.05, 4.69) is 20.8 Å². The maximum Gasteiger partial charge on any atom is 0.470 e. The van der Waals surface area contributed by atoms with Crippen molar-refractivity contribution in [2.75, 3.05) is 0 Å². The largest absolute Gasteiger partial charge is 0.470 e. The second-order valence-electron chi connectivity index (χ2n) is 10.4. The average Bonchev–Trinajstić information content (AvgIpc) is 2.75. The molecule has 0 aliphatic heterocycles. The van der Waals surface area contributed by atoms with E-state index in [-0.39, 0.29) is 0 Å². The Bertz CT molecular complexity index is 425. The number of hydrogen-bond donors (Lipinski definition) is 2. The molecule has 0 radical (unpaired) electrons. The van der Waals surface area contributed by atoms with Crippen LogP contribution in [0.15, 0.2) is 0 Å². The quantitative estimate of drug-likeness (QED) is 0.0934. The summed E-state index contributed by atoms with van der Waals surface area (Å²) in [5.74, 6) is 0. The van der Waals surface area contributed by atoms with Crippen molar-refractivity contribution in [1.29, 1.82) is 0 Å². The van der Waals surface area contributed by atoms with E-state index < -0.39 is 13.4 Å². The minimum Gasteiger partial charge on any atom is -0.303 e. The maximum absolute atomic E-state index is 11.8. The number of phosphoric acid groups is 1. The van der Waals surface area contributed by atoms with Crippen LogP contribution in [0.5, 0.6) is 0 Å². The molecule has 0 amide bonds. The smallest absolute Gasteiger partial charge is 0.303 e. The Morgan fingerprint density at radius 3 is 1.06 bits per heavy atom. The third-order valence-electron chi connectivity index (χ3n) is 6.99. The predicted molar refractivity (Wildman–Crippen MR) is 144 cm³/mol. The monoisotopic (exact) mass is 490 g/mol. The Labute approximate surface area is 207 Å². The first-order valence-electron chi connectivity index (χ1n) is 14.7. The first kappa shape index (κ1) is 33.1. The Balaban J connectivity index is 4.23. The van der Waals surface area contributed by atoms with Gasteiger partial charge in [-0.1, -0.05) is 156 Å². The molecule has 0 heterocycles. The summed E-state index contributed by atoms with van der Waals surface area (Å²) in [6, 6.07) is 0. The lowest BCUT2D eigenvalue weighted by Gasteiger charge is -2.34. The highest BCUT2D eigenvalue weighted by Gasteiger charge is 2.36. The second-order valence-corrected chi connectivity index (χ2v) is 11.5. The zero-order chi connectivity index (χ0) is 24.7. The molecular formula is C28H59O4P. The van der Waals surface area contributed by atoms with Crippen LogP contribution in [0.1, 0.15) is 175 Å². The highest BCUT2D eigenvalue weighted by Crippen LogP contribution is 2.47. The van der Waals surface area contributed by atoms with Gasteiger partial charge in [-0.3, -0.25) is 4.52 Å². The fraction of sp³-hybridized carbons (Fsp3) is 1.00. The fourth-order valence-corrected chi connectivity index (χ4v) is 5.87. The van der Waals surface area contributed by atoms with Crippen LogP contribution in [0.4, 0.5) is 0 Å². The van der Waals surface area contributed by atoms with Crippen LogP contribution >= 0.6 is 7.82 Å². The molecule has 200 valence electrons. The SMILES string of the molecule is CCCCCCCCCCCCC(CCC)(CCCCCCCCCCCC)OP(=O)(O)O. The Kier molecular flexibility index (Phi) is 22.6. The summed E-state index contributed by atoms with van der Waals surface area (Å²) in [6.07, 6.45) is 28.6. The molecule has 0 bridgehead atoms. The lowest BCUT2D eigenvalue weighted by molar-refractivity contribution is 0.00682. The zero-order valence-corrected chi connectivity index (χ0v) is 23.5. The van der Waals surface area contributed by atoms with Gasteiger partial charge in [0.2, 0.25) is 0 Å². The molecule has 0 aliphatic carbocycles. The molecule has 0 atom stereocenters. The van der Waals surface area contributed by atoms with Gasteiger partial charge in [0.05, 0.1) is 5.60 Å². The van der Waals surface area contributed by atoms with E-state index in [0.717, 1.165) is 51.4 Å². The minimum absolute atomic E-state index is 0.645. The van der Waals surface area contributed by atoms with Gasteiger partial charge in [-0.15, -0.1) is 0 Å². The van der Waals surface area contributed by atoms with Crippen LogP contribution < -0.4 is 0 Å². The van der Waals surface area contributed by atoms with Gasteiger partial charge in [0.1, 0.15) is 0 Å². The van der Waals surface area contributed by atoms with Crippen molar-refractivity contribution in [3.63, 3.8) is 0 Å². The van der Waals surface area contributed by atoms with Gasteiger partial charge in [0, 0.05) is 0 Å². The molecule has 5 heteroatoms. The molecule has 33 heavy (non-hydrogen) atoms. The summed E-state index contributed by atoms with van der Waals surface area (Å²) in [7, 11) is -4.48. The summed E-state index contributed by atoms with van der Waals surface area (Å²) in [6.45, 7) is 6.60. The van der Waals surface area contributed by atoms with Gasteiger partial charge in [-0.2, -0.15) is 0 Å². The number of unbranched alkanes of at least 4 members (excludes halogenated alkanes) is 18. The molecule has 0 spiro atoms. The summed E-state index contributed by atoms with van der Waals surface area (Å²) < 4.78 is 17.3. The lowest BCUT2D eigenvalue weighted by Crippen LogP contribution is -2.31. The average molecular weight is 491 g/mol. The molecule has 4 nitrogen and oxygen atoms in total. The summed E-state index contributed by atoms with van der Waals surface area (Å²) >= 11 is 0. The lowest BCUT2D eigenvalue weighted by atomic mass is 9.86. The number of phosphoric ester groups is 1. The standard InChI is InChI=1S/C28H59O4P/c1-4-7-9-11-13-15-17-19-21-23-26-28(25-6-3,32-33(29,30)31)27-24-22-20-18-16-14-12-10-8-5-2/h4-27H2,1-3H3,(H2,29,30,31). The van der Waals surface area contributed by atoms with E-state index in [1.165, 1.54) is 103 Å². The van der Waals surface area contributed by atoms with Crippen molar-refractivity contribution >= 4 is 7.82 Å². The zero-order valence-electron chi connectivity index (χ0n) is 22.6. The third-order valence-corrected chi connectivity index (χ3v) is 7.62. The topological polar surface area (TPSA) is 66.8 Å². The van der Waals surface area contributed by atoms with E-state index >= 15 is 0 Å². The van der Waals surface area contributed by atoms with Crippen LogP contribution in [0, 0.1) is 0 Å². The van der Waals surface area contributed by atoms with Crippen molar-refractivity contribution < 1.29 is 18.9 Å². The normalized spacial score (nSPS) is 12.5. The third kappa shape index (κ3) is 22.3. The Morgan fingerprint density at radius 2 is 0.788 bits per heavy atom. The van der Waals surface area contributed by atoms with Crippen molar-refractivity contribution in [2.24, 2.45) is 0 Å². The van der Waals surface area contributed by atoms with Gasteiger partial charge in [0.25, 0.3) is 0 Å².